The van der Waals surface area contributed by atoms with Crippen molar-refractivity contribution in [3.63, 3.8) is 0 Å². The monoisotopic (exact) mass is 599 g/mol. The Balaban J connectivity index is 1.10. The number of hydrogen-bond donors (Lipinski definition) is 1. The predicted octanol–water partition coefficient (Wildman–Crippen LogP) is 9.58. The number of aromatic carboxylic acids is 1. The third kappa shape index (κ3) is 4.96. The molecule has 5 aromatic rings. The number of anilines is 2. The van der Waals surface area contributed by atoms with Gasteiger partial charge in [0.25, 0.3) is 0 Å². The van der Waals surface area contributed by atoms with Gasteiger partial charge in [-0.2, -0.15) is 0 Å². The van der Waals surface area contributed by atoms with Crippen LogP contribution in [-0.2, 0) is 6.42 Å². The minimum absolute atomic E-state index is 0.0733. The first-order valence-electron chi connectivity index (χ1n) is 16.0. The van der Waals surface area contributed by atoms with Gasteiger partial charge in [-0.1, -0.05) is 91.3 Å². The van der Waals surface area contributed by atoms with Gasteiger partial charge in [0.15, 0.2) is 5.78 Å². The second-order valence-corrected chi connectivity index (χ2v) is 12.5. The van der Waals surface area contributed by atoms with E-state index in [0.29, 0.717) is 29.5 Å². The highest BCUT2D eigenvalue weighted by molar-refractivity contribution is 6.16. The molecule has 4 heteroatoms. The van der Waals surface area contributed by atoms with Gasteiger partial charge in [-0.25, -0.2) is 4.79 Å². The van der Waals surface area contributed by atoms with E-state index in [2.05, 4.69) is 114 Å². The smallest absolute Gasteiger partial charge is 0.335 e. The fraction of sp³-hybridized carbons (Fsp3) is 0.143. The van der Waals surface area contributed by atoms with Crippen LogP contribution in [0.3, 0.4) is 0 Å². The Kier molecular flexibility index (Phi) is 6.98. The molecule has 1 saturated carbocycles. The summed E-state index contributed by atoms with van der Waals surface area (Å²) in [7, 11) is 0. The number of benzene rings is 5. The Bertz CT molecular complexity index is 2000. The molecule has 0 radical (unpaired) electrons. The Morgan fingerprint density at radius 3 is 2.13 bits per heavy atom. The number of carbonyl (C=O) groups is 2. The number of Topliss-reactive ketones (excluding diaryl/α,β-unsaturated/α-hetero) is 1. The zero-order chi connectivity index (χ0) is 31.2. The van der Waals surface area contributed by atoms with Crippen molar-refractivity contribution in [3.8, 4) is 0 Å². The maximum Gasteiger partial charge on any atom is 0.335 e. The molecule has 0 aromatic heterocycles. The van der Waals surface area contributed by atoms with Crippen LogP contribution in [-0.4, -0.2) is 22.9 Å². The van der Waals surface area contributed by atoms with Gasteiger partial charge in [-0.15, -0.1) is 0 Å². The van der Waals surface area contributed by atoms with Gasteiger partial charge >= 0.3 is 5.97 Å². The molecule has 3 aliphatic rings. The van der Waals surface area contributed by atoms with Crippen molar-refractivity contribution in [1.29, 1.82) is 0 Å². The lowest BCUT2D eigenvalue weighted by Crippen LogP contribution is -2.26. The van der Waals surface area contributed by atoms with Crippen molar-refractivity contribution in [1.82, 2.24) is 0 Å². The van der Waals surface area contributed by atoms with Crippen LogP contribution in [0.4, 0.5) is 11.4 Å². The molecule has 1 fully saturated rings. The molecule has 2 unspecified atom stereocenters. The summed E-state index contributed by atoms with van der Waals surface area (Å²) in [5.74, 6) is -0.626. The molecule has 0 spiro atoms. The predicted molar refractivity (Wildman–Crippen MR) is 185 cm³/mol. The number of rotatable bonds is 6. The summed E-state index contributed by atoms with van der Waals surface area (Å²) in [6, 6.07) is 41.9. The molecule has 0 saturated heterocycles. The van der Waals surface area contributed by atoms with Crippen LogP contribution in [0.25, 0.3) is 17.7 Å². The fourth-order valence-corrected chi connectivity index (χ4v) is 7.62. The molecular formula is C42H33NO3. The Morgan fingerprint density at radius 1 is 0.739 bits per heavy atom. The van der Waals surface area contributed by atoms with E-state index < -0.39 is 5.97 Å². The van der Waals surface area contributed by atoms with Crippen molar-refractivity contribution in [2.24, 2.45) is 0 Å². The number of hydrogen-bond acceptors (Lipinski definition) is 3. The maximum absolute atomic E-state index is 13.2. The summed E-state index contributed by atoms with van der Waals surface area (Å²) < 4.78 is 0. The van der Waals surface area contributed by atoms with Crippen molar-refractivity contribution in [3.05, 3.63) is 171 Å². The molecule has 2 atom stereocenters. The summed E-state index contributed by atoms with van der Waals surface area (Å²) >= 11 is 0. The fourth-order valence-electron chi connectivity index (χ4n) is 7.62. The van der Waals surface area contributed by atoms with E-state index in [-0.39, 0.29) is 11.3 Å². The SMILES string of the molecule is O=C(O)c1ccc2c(c1)C(=O)/C(=C\c1ccc3c(c1)C1CCCC1N3c1ccc(C=C(c3ccccc3)c3ccccc3)cc1)C2. The van der Waals surface area contributed by atoms with Crippen molar-refractivity contribution in [2.75, 3.05) is 4.90 Å². The van der Waals surface area contributed by atoms with Gasteiger partial charge in [-0.3, -0.25) is 4.79 Å². The lowest BCUT2D eigenvalue weighted by molar-refractivity contribution is 0.0697. The highest BCUT2D eigenvalue weighted by Crippen LogP contribution is 2.52. The largest absolute Gasteiger partial charge is 0.478 e. The summed E-state index contributed by atoms with van der Waals surface area (Å²) in [5.41, 5.74) is 11.8. The molecule has 8 rings (SSSR count). The second kappa shape index (κ2) is 11.5. The standard InChI is InChI=1S/C42H33NO3/c44-41-33(25-31-17-18-32(42(45)46)26-37(31)41)22-28-16-21-40-38(24-28)35-12-7-13-39(35)43(40)34-19-14-27(15-20-34)23-36(29-8-3-1-4-9-29)30-10-5-2-6-11-30/h1-6,8-11,14-24,26,35,39H,7,12-13,25H2,(H,45,46)/b33-22-. The first-order chi connectivity index (χ1) is 22.5. The van der Waals surface area contributed by atoms with Crippen LogP contribution >= 0.6 is 0 Å². The van der Waals surface area contributed by atoms with E-state index in [1.54, 1.807) is 12.1 Å². The number of carboxylic acid groups (broad SMARTS) is 1. The van der Waals surface area contributed by atoms with Crippen LogP contribution < -0.4 is 4.90 Å². The molecule has 1 aliphatic heterocycles. The first kappa shape index (κ1) is 28.0. The molecule has 0 bridgehead atoms. The summed E-state index contributed by atoms with van der Waals surface area (Å²) in [4.78, 5) is 27.2. The Morgan fingerprint density at radius 2 is 1.43 bits per heavy atom. The maximum atomic E-state index is 13.2. The van der Waals surface area contributed by atoms with E-state index in [4.69, 9.17) is 0 Å². The van der Waals surface area contributed by atoms with E-state index in [1.165, 1.54) is 46.1 Å². The van der Waals surface area contributed by atoms with E-state index >= 15 is 0 Å². The number of carboxylic acids is 1. The quantitative estimate of drug-likeness (QED) is 0.156. The van der Waals surface area contributed by atoms with Crippen LogP contribution in [0.15, 0.2) is 127 Å². The van der Waals surface area contributed by atoms with Crippen LogP contribution in [0.1, 0.15) is 79.3 Å². The molecule has 224 valence electrons. The van der Waals surface area contributed by atoms with Crippen LogP contribution in [0.5, 0.6) is 0 Å². The third-order valence-electron chi connectivity index (χ3n) is 9.79. The summed E-state index contributed by atoms with van der Waals surface area (Å²) in [6.07, 6.45) is 8.32. The topological polar surface area (TPSA) is 57.6 Å². The molecule has 4 nitrogen and oxygen atoms in total. The molecule has 2 aliphatic carbocycles. The zero-order valence-corrected chi connectivity index (χ0v) is 25.4. The van der Waals surface area contributed by atoms with Crippen LogP contribution in [0.2, 0.25) is 0 Å². The average molecular weight is 600 g/mol. The van der Waals surface area contributed by atoms with Gasteiger partial charge in [0.05, 0.1) is 5.56 Å². The van der Waals surface area contributed by atoms with Gasteiger partial charge < -0.3 is 10.0 Å². The highest BCUT2D eigenvalue weighted by atomic mass is 16.4. The molecule has 5 aromatic carbocycles. The average Bonchev–Trinajstić information content (AvgIpc) is 3.77. The third-order valence-corrected chi connectivity index (χ3v) is 9.79. The second-order valence-electron chi connectivity index (χ2n) is 12.5. The number of allylic oxidation sites excluding steroid dienone is 1. The molecule has 0 amide bonds. The van der Waals surface area contributed by atoms with Gasteiger partial charge in [0.1, 0.15) is 0 Å². The number of nitrogens with zero attached hydrogens (tertiary/aromatic N) is 1. The molecule has 1 heterocycles. The van der Waals surface area contributed by atoms with Gasteiger partial charge in [0.2, 0.25) is 0 Å². The number of ketones is 1. The first-order valence-corrected chi connectivity index (χ1v) is 16.0. The van der Waals surface area contributed by atoms with Gasteiger partial charge in [0, 0.05) is 40.9 Å². The lowest BCUT2D eigenvalue weighted by atomic mass is 9.95. The zero-order valence-electron chi connectivity index (χ0n) is 25.4. The summed E-state index contributed by atoms with van der Waals surface area (Å²) in [5, 5.41) is 9.37. The van der Waals surface area contributed by atoms with Crippen molar-refractivity contribution in [2.45, 2.75) is 37.6 Å². The number of carbonyl (C=O) groups excluding carboxylic acids is 1. The normalized spacial score (nSPS) is 18.7. The van der Waals surface area contributed by atoms with Gasteiger partial charge in [-0.05, 0) is 100 Å². The lowest BCUT2D eigenvalue weighted by Gasteiger charge is -2.27. The van der Waals surface area contributed by atoms with Crippen molar-refractivity contribution >= 4 is 40.9 Å². The Labute approximate surface area is 269 Å². The van der Waals surface area contributed by atoms with E-state index in [0.717, 1.165) is 29.5 Å². The number of fused-ring (bicyclic) bond motifs is 4. The molecular weight excluding hydrogens is 566 g/mol. The minimum atomic E-state index is -1.02. The minimum Gasteiger partial charge on any atom is -0.478 e. The van der Waals surface area contributed by atoms with E-state index in [1.807, 2.05) is 6.08 Å². The molecule has 1 N–H and O–H groups in total. The van der Waals surface area contributed by atoms with Crippen molar-refractivity contribution < 1.29 is 14.7 Å². The van der Waals surface area contributed by atoms with Crippen LogP contribution in [0, 0.1) is 0 Å². The summed E-state index contributed by atoms with van der Waals surface area (Å²) in [6.45, 7) is 0. The van der Waals surface area contributed by atoms with E-state index in [9.17, 15) is 14.7 Å². The Hall–Kier alpha value is -5.48. The molecule has 46 heavy (non-hydrogen) atoms. The highest BCUT2D eigenvalue weighted by Gasteiger charge is 2.42.